The molecule has 0 saturated heterocycles. The summed E-state index contributed by atoms with van der Waals surface area (Å²) in [5.41, 5.74) is 7.17. The molecule has 5 heteroatoms. The Labute approximate surface area is 102 Å². The quantitative estimate of drug-likeness (QED) is 0.806. The first-order valence-corrected chi connectivity index (χ1v) is 6.05. The molecule has 3 N–H and O–H groups in total. The van der Waals surface area contributed by atoms with Gasteiger partial charge in [-0.2, -0.15) is 5.10 Å². The van der Waals surface area contributed by atoms with Gasteiger partial charge in [0, 0.05) is 18.6 Å². The van der Waals surface area contributed by atoms with Crippen LogP contribution in [0.4, 0.5) is 0 Å². The molecule has 1 aromatic rings. The van der Waals surface area contributed by atoms with Crippen molar-refractivity contribution in [1.29, 1.82) is 0 Å². The lowest BCUT2D eigenvalue weighted by atomic mass is 10.1. The maximum absolute atomic E-state index is 12.0. The summed E-state index contributed by atoms with van der Waals surface area (Å²) < 4.78 is 1.71. The van der Waals surface area contributed by atoms with Gasteiger partial charge in [0.2, 0.25) is 0 Å². The third-order valence-electron chi connectivity index (χ3n) is 2.54. The van der Waals surface area contributed by atoms with Gasteiger partial charge in [0.1, 0.15) is 5.69 Å². The summed E-state index contributed by atoms with van der Waals surface area (Å²) in [6.07, 6.45) is 0.769. The van der Waals surface area contributed by atoms with Crippen molar-refractivity contribution in [3.8, 4) is 0 Å². The summed E-state index contributed by atoms with van der Waals surface area (Å²) in [7, 11) is 0. The van der Waals surface area contributed by atoms with E-state index in [2.05, 4.69) is 10.4 Å². The summed E-state index contributed by atoms with van der Waals surface area (Å²) in [6.45, 7) is 8.44. The highest BCUT2D eigenvalue weighted by Gasteiger charge is 2.15. The van der Waals surface area contributed by atoms with Crippen molar-refractivity contribution >= 4 is 5.91 Å². The fourth-order valence-corrected chi connectivity index (χ4v) is 1.88. The van der Waals surface area contributed by atoms with Gasteiger partial charge in [0.25, 0.3) is 5.91 Å². The van der Waals surface area contributed by atoms with Gasteiger partial charge < -0.3 is 11.1 Å². The summed E-state index contributed by atoms with van der Waals surface area (Å²) in [5, 5.41) is 7.19. The Hall–Kier alpha value is -1.36. The predicted molar refractivity (Wildman–Crippen MR) is 67.8 cm³/mol. The van der Waals surface area contributed by atoms with Gasteiger partial charge in [0.15, 0.2) is 0 Å². The number of nitrogens with zero attached hydrogens (tertiary/aromatic N) is 2. The van der Waals surface area contributed by atoms with Crippen LogP contribution in [0.15, 0.2) is 6.07 Å². The first-order chi connectivity index (χ1) is 7.93. The van der Waals surface area contributed by atoms with Gasteiger partial charge in [-0.05, 0) is 40.2 Å². The number of aryl methyl sites for hydroxylation is 2. The first kappa shape index (κ1) is 13.7. The molecule has 0 fully saturated rings. The van der Waals surface area contributed by atoms with E-state index in [1.807, 2.05) is 27.7 Å². The van der Waals surface area contributed by atoms with E-state index in [1.54, 1.807) is 10.7 Å². The highest BCUT2D eigenvalue weighted by Crippen LogP contribution is 2.05. The molecule has 1 rings (SSSR count). The number of aromatic nitrogens is 2. The number of nitrogens with two attached hydrogens (primary N) is 1. The van der Waals surface area contributed by atoms with Gasteiger partial charge in [-0.25, -0.2) is 0 Å². The maximum atomic E-state index is 12.0. The molecule has 1 heterocycles. The monoisotopic (exact) mass is 238 g/mol. The van der Waals surface area contributed by atoms with Crippen LogP contribution < -0.4 is 11.1 Å². The Balaban J connectivity index is 2.69. The molecule has 0 aliphatic heterocycles. The largest absolute Gasteiger partial charge is 0.348 e. The fourth-order valence-electron chi connectivity index (χ4n) is 1.88. The van der Waals surface area contributed by atoms with Crippen molar-refractivity contribution in [2.24, 2.45) is 5.73 Å². The van der Waals surface area contributed by atoms with E-state index in [0.29, 0.717) is 12.2 Å². The van der Waals surface area contributed by atoms with Crippen LogP contribution in [0.2, 0.25) is 0 Å². The van der Waals surface area contributed by atoms with Crippen molar-refractivity contribution in [2.75, 3.05) is 0 Å². The van der Waals surface area contributed by atoms with Crippen LogP contribution in [0.3, 0.4) is 0 Å². The van der Waals surface area contributed by atoms with E-state index < -0.39 is 0 Å². The average Bonchev–Trinajstić information content (AvgIpc) is 2.58. The summed E-state index contributed by atoms with van der Waals surface area (Å²) in [5.74, 6) is -0.0828. The number of carbonyl (C=O) groups excluding carboxylic acids is 1. The van der Waals surface area contributed by atoms with Crippen LogP contribution in [0.25, 0.3) is 0 Å². The molecule has 0 aliphatic rings. The van der Waals surface area contributed by atoms with Gasteiger partial charge in [-0.1, -0.05) is 0 Å². The van der Waals surface area contributed by atoms with Crippen molar-refractivity contribution in [2.45, 2.75) is 52.7 Å². The van der Waals surface area contributed by atoms with Crippen molar-refractivity contribution < 1.29 is 4.79 Å². The average molecular weight is 238 g/mol. The molecular weight excluding hydrogens is 216 g/mol. The standard InChI is InChI=1S/C12H22N4O/c1-5-16-11(7-10(4)15-16)12(17)14-9(3)6-8(2)13/h7-9H,5-6,13H2,1-4H3,(H,14,17). The van der Waals surface area contributed by atoms with E-state index in [0.717, 1.165) is 12.1 Å². The third kappa shape index (κ3) is 3.85. The second kappa shape index (κ2) is 5.82. The molecule has 0 spiro atoms. The minimum atomic E-state index is -0.0828. The molecule has 2 unspecified atom stereocenters. The molecule has 0 bridgehead atoms. The van der Waals surface area contributed by atoms with E-state index in [4.69, 9.17) is 5.73 Å². The van der Waals surface area contributed by atoms with Crippen molar-refractivity contribution in [3.63, 3.8) is 0 Å². The summed E-state index contributed by atoms with van der Waals surface area (Å²) in [4.78, 5) is 12.0. The highest BCUT2D eigenvalue weighted by atomic mass is 16.2. The number of amides is 1. The summed E-state index contributed by atoms with van der Waals surface area (Å²) in [6, 6.07) is 1.96. The lowest BCUT2D eigenvalue weighted by molar-refractivity contribution is 0.0927. The van der Waals surface area contributed by atoms with Crippen LogP contribution >= 0.6 is 0 Å². The highest BCUT2D eigenvalue weighted by molar-refractivity contribution is 5.92. The summed E-state index contributed by atoms with van der Waals surface area (Å²) >= 11 is 0. The van der Waals surface area contributed by atoms with Gasteiger partial charge >= 0.3 is 0 Å². The van der Waals surface area contributed by atoms with Crippen LogP contribution in [0.5, 0.6) is 0 Å². The number of carbonyl (C=O) groups is 1. The van der Waals surface area contributed by atoms with Crippen LogP contribution in [-0.4, -0.2) is 27.8 Å². The van der Waals surface area contributed by atoms with Crippen LogP contribution in [0.1, 0.15) is 43.4 Å². The van der Waals surface area contributed by atoms with Gasteiger partial charge in [-0.15, -0.1) is 0 Å². The van der Waals surface area contributed by atoms with E-state index >= 15 is 0 Å². The number of hydrogen-bond acceptors (Lipinski definition) is 3. The Morgan fingerprint density at radius 3 is 2.76 bits per heavy atom. The van der Waals surface area contributed by atoms with E-state index in [9.17, 15) is 4.79 Å². The lowest BCUT2D eigenvalue weighted by Gasteiger charge is -2.16. The molecule has 0 aromatic carbocycles. The maximum Gasteiger partial charge on any atom is 0.269 e. The predicted octanol–water partition coefficient (Wildman–Crippen LogP) is 1.07. The van der Waals surface area contributed by atoms with Crippen LogP contribution in [-0.2, 0) is 6.54 Å². The van der Waals surface area contributed by atoms with Crippen LogP contribution in [0, 0.1) is 6.92 Å². The number of nitrogens with one attached hydrogen (secondary N) is 1. The zero-order valence-electron chi connectivity index (χ0n) is 11.0. The molecule has 17 heavy (non-hydrogen) atoms. The van der Waals surface area contributed by atoms with Crippen molar-refractivity contribution in [3.05, 3.63) is 17.5 Å². The molecule has 0 radical (unpaired) electrons. The molecule has 2 atom stereocenters. The minimum Gasteiger partial charge on any atom is -0.348 e. The van der Waals surface area contributed by atoms with Crippen molar-refractivity contribution in [1.82, 2.24) is 15.1 Å². The molecule has 0 aliphatic carbocycles. The number of hydrogen-bond donors (Lipinski definition) is 2. The second-order valence-electron chi connectivity index (χ2n) is 4.57. The first-order valence-electron chi connectivity index (χ1n) is 6.05. The number of rotatable bonds is 5. The molecule has 0 saturated carbocycles. The Bertz CT molecular complexity index is 384. The molecule has 5 nitrogen and oxygen atoms in total. The Kier molecular flexibility index (Phi) is 4.69. The molecular formula is C12H22N4O. The molecule has 1 aromatic heterocycles. The van der Waals surface area contributed by atoms with E-state index in [-0.39, 0.29) is 18.0 Å². The Morgan fingerprint density at radius 2 is 2.24 bits per heavy atom. The topological polar surface area (TPSA) is 72.9 Å². The zero-order chi connectivity index (χ0) is 13.0. The Morgan fingerprint density at radius 1 is 1.59 bits per heavy atom. The smallest absolute Gasteiger partial charge is 0.269 e. The SMILES string of the molecule is CCn1nc(C)cc1C(=O)NC(C)CC(C)N. The van der Waals surface area contributed by atoms with E-state index in [1.165, 1.54) is 0 Å². The third-order valence-corrected chi connectivity index (χ3v) is 2.54. The van der Waals surface area contributed by atoms with Gasteiger partial charge in [0.05, 0.1) is 5.69 Å². The second-order valence-corrected chi connectivity index (χ2v) is 4.57. The molecule has 96 valence electrons. The zero-order valence-corrected chi connectivity index (χ0v) is 11.0. The normalized spacial score (nSPS) is 14.4. The lowest BCUT2D eigenvalue weighted by Crippen LogP contribution is -2.37. The van der Waals surface area contributed by atoms with Gasteiger partial charge in [-0.3, -0.25) is 9.48 Å². The minimum absolute atomic E-state index is 0.0722. The fraction of sp³-hybridized carbons (Fsp3) is 0.667. The molecule has 1 amide bonds.